The third kappa shape index (κ3) is 52.2. The highest BCUT2D eigenvalue weighted by Gasteiger charge is 2.19. The van der Waals surface area contributed by atoms with Crippen molar-refractivity contribution < 1.29 is 28.6 Å². The number of ether oxygens (including phenoxy) is 3. The van der Waals surface area contributed by atoms with Crippen LogP contribution in [-0.4, -0.2) is 37.2 Å². The van der Waals surface area contributed by atoms with E-state index < -0.39 is 6.10 Å². The molecule has 378 valence electrons. The number of carbonyl (C=O) groups excluding carboxylic acids is 3. The molecule has 1 unspecified atom stereocenters. The Hall–Kier alpha value is -2.63. The molecule has 0 rings (SSSR count). The molecule has 0 radical (unpaired) electrons. The first-order chi connectivity index (χ1) is 32.0. The van der Waals surface area contributed by atoms with Gasteiger partial charge in [0.1, 0.15) is 13.2 Å². The first-order valence-electron chi connectivity index (χ1n) is 28.1. The summed E-state index contributed by atoms with van der Waals surface area (Å²) >= 11 is 0. The van der Waals surface area contributed by atoms with Crippen LogP contribution >= 0.6 is 0 Å². The third-order valence-electron chi connectivity index (χ3n) is 12.3. The molecular weight excluding hydrogens is 805 g/mol. The first kappa shape index (κ1) is 62.4. The number of carbonyl (C=O) groups is 3. The summed E-state index contributed by atoms with van der Waals surface area (Å²) in [6.45, 7) is 6.58. The second-order valence-electron chi connectivity index (χ2n) is 18.8. The van der Waals surface area contributed by atoms with Gasteiger partial charge in [0.05, 0.1) is 0 Å². The van der Waals surface area contributed by atoms with E-state index in [1.165, 1.54) is 173 Å². The molecule has 0 aliphatic heterocycles. The third-order valence-corrected chi connectivity index (χ3v) is 12.3. The molecule has 0 spiro atoms. The molecule has 0 heterocycles. The van der Waals surface area contributed by atoms with Crippen LogP contribution < -0.4 is 0 Å². The maximum Gasteiger partial charge on any atom is 0.306 e. The van der Waals surface area contributed by atoms with Gasteiger partial charge in [-0.1, -0.05) is 223 Å². The lowest BCUT2D eigenvalue weighted by molar-refractivity contribution is -0.167. The minimum Gasteiger partial charge on any atom is -0.462 e. The predicted octanol–water partition coefficient (Wildman–Crippen LogP) is 18.7. The van der Waals surface area contributed by atoms with Gasteiger partial charge in [0, 0.05) is 19.3 Å². The lowest BCUT2D eigenvalue weighted by atomic mass is 10.1. The Labute approximate surface area is 403 Å². The molecule has 65 heavy (non-hydrogen) atoms. The molecule has 0 aromatic rings. The zero-order chi connectivity index (χ0) is 47.2. The van der Waals surface area contributed by atoms with Crippen LogP contribution in [0.5, 0.6) is 0 Å². The van der Waals surface area contributed by atoms with Gasteiger partial charge >= 0.3 is 17.9 Å². The topological polar surface area (TPSA) is 78.9 Å². The van der Waals surface area contributed by atoms with Gasteiger partial charge in [0.25, 0.3) is 0 Å². The molecule has 0 bridgehead atoms. The van der Waals surface area contributed by atoms with E-state index in [2.05, 4.69) is 69.4 Å². The summed E-state index contributed by atoms with van der Waals surface area (Å²) in [6.07, 6.45) is 65.3. The summed E-state index contributed by atoms with van der Waals surface area (Å²) in [4.78, 5) is 38.1. The quantitative estimate of drug-likeness (QED) is 0.0262. The maximum atomic E-state index is 12.8. The molecule has 6 heteroatoms. The Morgan fingerprint density at radius 2 is 0.569 bits per heavy atom. The fraction of sp³-hybridized carbons (Fsp3) is 0.814. The smallest absolute Gasteiger partial charge is 0.306 e. The molecular formula is C59H106O6. The van der Waals surface area contributed by atoms with Gasteiger partial charge in [-0.15, -0.1) is 0 Å². The van der Waals surface area contributed by atoms with Gasteiger partial charge in [0.15, 0.2) is 6.10 Å². The largest absolute Gasteiger partial charge is 0.462 e. The summed E-state index contributed by atoms with van der Waals surface area (Å²) < 4.78 is 16.8. The van der Waals surface area contributed by atoms with E-state index in [1.807, 2.05) is 0 Å². The zero-order valence-electron chi connectivity index (χ0n) is 43.3. The molecule has 0 aliphatic rings. The molecule has 0 aromatic heterocycles. The summed E-state index contributed by atoms with van der Waals surface area (Å²) in [5.41, 5.74) is 0. The van der Waals surface area contributed by atoms with Crippen molar-refractivity contribution in [2.45, 2.75) is 297 Å². The van der Waals surface area contributed by atoms with Crippen LogP contribution in [0.25, 0.3) is 0 Å². The van der Waals surface area contributed by atoms with Gasteiger partial charge in [0.2, 0.25) is 0 Å². The molecule has 0 saturated carbocycles. The molecule has 0 N–H and O–H groups in total. The average Bonchev–Trinajstić information content (AvgIpc) is 3.30. The number of allylic oxidation sites excluding steroid dienone is 8. The second-order valence-corrected chi connectivity index (χ2v) is 18.8. The van der Waals surface area contributed by atoms with Gasteiger partial charge in [-0.3, -0.25) is 14.4 Å². The first-order valence-corrected chi connectivity index (χ1v) is 28.1. The summed E-state index contributed by atoms with van der Waals surface area (Å²) in [5.74, 6) is -0.892. The summed E-state index contributed by atoms with van der Waals surface area (Å²) in [7, 11) is 0. The minimum absolute atomic E-state index is 0.0801. The number of unbranched alkanes of at least 4 members (excludes halogenated alkanes) is 32. The molecule has 0 aromatic carbocycles. The van der Waals surface area contributed by atoms with Crippen molar-refractivity contribution in [2.75, 3.05) is 13.2 Å². The Bertz CT molecular complexity index is 1140. The van der Waals surface area contributed by atoms with Crippen LogP contribution in [0, 0.1) is 0 Å². The lowest BCUT2D eigenvalue weighted by Gasteiger charge is -2.18. The van der Waals surface area contributed by atoms with E-state index in [-0.39, 0.29) is 31.1 Å². The number of hydrogen-bond acceptors (Lipinski definition) is 6. The normalized spacial score (nSPS) is 12.4. The zero-order valence-corrected chi connectivity index (χ0v) is 43.3. The van der Waals surface area contributed by atoms with Gasteiger partial charge in [-0.25, -0.2) is 0 Å². The fourth-order valence-corrected chi connectivity index (χ4v) is 7.98. The van der Waals surface area contributed by atoms with Crippen molar-refractivity contribution in [3.8, 4) is 0 Å². The minimum atomic E-state index is -0.781. The van der Waals surface area contributed by atoms with Crippen LogP contribution in [0.1, 0.15) is 290 Å². The predicted molar refractivity (Wildman–Crippen MR) is 279 cm³/mol. The molecule has 0 amide bonds. The fourth-order valence-electron chi connectivity index (χ4n) is 7.98. The van der Waals surface area contributed by atoms with Crippen molar-refractivity contribution in [3.05, 3.63) is 48.6 Å². The van der Waals surface area contributed by atoms with Crippen LogP contribution in [0.3, 0.4) is 0 Å². The Balaban J connectivity index is 4.34. The summed E-state index contributed by atoms with van der Waals surface area (Å²) in [6, 6.07) is 0. The standard InChI is InChI=1S/C59H106O6/c1-4-7-10-13-16-19-22-24-26-28-29-31-32-34-37-40-43-46-49-52-58(61)64-55-56(54-63-57(60)51-48-45-42-39-36-21-18-15-12-9-6-3)65-59(62)53-50-47-44-41-38-35-33-30-27-25-23-20-17-14-11-8-5-2/h15,17-18,20,25,27-29,56H,4-14,16,19,21-24,26,30-55H2,1-3H3/b18-15-,20-17-,27-25-,29-28-. The van der Waals surface area contributed by atoms with E-state index >= 15 is 0 Å². The molecule has 6 nitrogen and oxygen atoms in total. The van der Waals surface area contributed by atoms with Gasteiger partial charge in [-0.2, -0.15) is 0 Å². The average molecular weight is 911 g/mol. The van der Waals surface area contributed by atoms with E-state index in [4.69, 9.17) is 14.2 Å². The highest BCUT2D eigenvalue weighted by molar-refractivity contribution is 5.71. The second kappa shape index (κ2) is 54.0. The lowest BCUT2D eigenvalue weighted by Crippen LogP contribution is -2.30. The van der Waals surface area contributed by atoms with Crippen molar-refractivity contribution in [1.82, 2.24) is 0 Å². The van der Waals surface area contributed by atoms with E-state index in [0.29, 0.717) is 19.3 Å². The van der Waals surface area contributed by atoms with Crippen LogP contribution in [0.2, 0.25) is 0 Å². The van der Waals surface area contributed by atoms with Crippen LogP contribution in [-0.2, 0) is 28.6 Å². The van der Waals surface area contributed by atoms with Crippen LogP contribution in [0.4, 0.5) is 0 Å². The van der Waals surface area contributed by atoms with Gasteiger partial charge in [-0.05, 0) is 96.3 Å². The monoisotopic (exact) mass is 911 g/mol. The maximum absolute atomic E-state index is 12.8. The molecule has 0 fully saturated rings. The SMILES string of the molecule is CCCC/C=C\CCCCCCCC(=O)OCC(COC(=O)CCCCCCCCC/C=C\CCCCCCCCCC)OC(=O)CCCCCCCCC/C=C\C/C=C\CCCCC. The highest BCUT2D eigenvalue weighted by Crippen LogP contribution is 2.15. The van der Waals surface area contributed by atoms with Crippen molar-refractivity contribution in [1.29, 1.82) is 0 Å². The van der Waals surface area contributed by atoms with Crippen molar-refractivity contribution in [3.63, 3.8) is 0 Å². The number of esters is 3. The number of hydrogen-bond donors (Lipinski definition) is 0. The van der Waals surface area contributed by atoms with E-state index in [9.17, 15) is 14.4 Å². The molecule has 1 atom stereocenters. The molecule has 0 aliphatic carbocycles. The van der Waals surface area contributed by atoms with Crippen molar-refractivity contribution in [2.24, 2.45) is 0 Å². The summed E-state index contributed by atoms with van der Waals surface area (Å²) in [5, 5.41) is 0. The van der Waals surface area contributed by atoms with Gasteiger partial charge < -0.3 is 14.2 Å². The Morgan fingerprint density at radius 3 is 0.938 bits per heavy atom. The van der Waals surface area contributed by atoms with Crippen molar-refractivity contribution >= 4 is 17.9 Å². The molecule has 0 saturated heterocycles. The highest BCUT2D eigenvalue weighted by atomic mass is 16.6. The van der Waals surface area contributed by atoms with E-state index in [0.717, 1.165) is 77.0 Å². The Kier molecular flexibility index (Phi) is 51.8. The Morgan fingerprint density at radius 1 is 0.308 bits per heavy atom. The van der Waals surface area contributed by atoms with E-state index in [1.54, 1.807) is 0 Å². The van der Waals surface area contributed by atoms with Crippen LogP contribution in [0.15, 0.2) is 48.6 Å². The number of rotatable bonds is 51.